The van der Waals surface area contributed by atoms with Crippen LogP contribution in [0.5, 0.6) is 0 Å². The van der Waals surface area contributed by atoms with Crippen molar-refractivity contribution in [1.29, 1.82) is 0 Å². The molecule has 0 saturated heterocycles. The number of rotatable bonds is 6. The van der Waals surface area contributed by atoms with Gasteiger partial charge in [0.2, 0.25) is 5.90 Å². The Kier molecular flexibility index (Phi) is 5.54. The number of anilines is 1. The van der Waals surface area contributed by atoms with Gasteiger partial charge in [-0.1, -0.05) is 13.0 Å². The molecule has 29 heavy (non-hydrogen) atoms. The van der Waals surface area contributed by atoms with Crippen LogP contribution >= 0.6 is 0 Å². The average molecular weight is 421 g/mol. The molecule has 0 spiro atoms. The van der Waals surface area contributed by atoms with Gasteiger partial charge in [-0.3, -0.25) is 4.99 Å². The summed E-state index contributed by atoms with van der Waals surface area (Å²) in [7, 11) is -4.12. The Hall–Kier alpha value is -2.10. The second-order valence-corrected chi connectivity index (χ2v) is 9.68. The van der Waals surface area contributed by atoms with Gasteiger partial charge in [-0.2, -0.15) is 4.72 Å². The molecule has 0 saturated carbocycles. The van der Waals surface area contributed by atoms with Gasteiger partial charge in [0.25, 0.3) is 10.0 Å². The molecule has 0 fully saturated rings. The number of aliphatic hydroxyl groups is 1. The number of nitrogens with zero attached hydrogens (tertiary/aromatic N) is 1. The number of sulfonamides is 1. The SMILES string of the molecule is C[C@H]1CN=C(C(=CN)S(=O)(=O)NC(O)Nc2c3c(cc4c2CCC4)CCC3)OC1. The van der Waals surface area contributed by atoms with Gasteiger partial charge in [0.15, 0.2) is 11.3 Å². The normalized spacial score (nSPS) is 22.5. The van der Waals surface area contributed by atoms with E-state index >= 15 is 0 Å². The van der Waals surface area contributed by atoms with E-state index in [2.05, 4.69) is 21.1 Å². The van der Waals surface area contributed by atoms with Crippen molar-refractivity contribution >= 4 is 21.6 Å². The quantitative estimate of drug-likeness (QED) is 0.511. The lowest BCUT2D eigenvalue weighted by atomic mass is 9.99. The fraction of sp³-hybridized carbons (Fsp3) is 0.550. The highest BCUT2D eigenvalue weighted by Gasteiger charge is 2.30. The van der Waals surface area contributed by atoms with Crippen molar-refractivity contribution in [3.63, 3.8) is 0 Å². The summed E-state index contributed by atoms with van der Waals surface area (Å²) < 4.78 is 33.3. The number of aliphatic imine (C=N–C) groups is 1. The monoisotopic (exact) mass is 420 g/mol. The van der Waals surface area contributed by atoms with Gasteiger partial charge in [-0.25, -0.2) is 8.42 Å². The van der Waals surface area contributed by atoms with Crippen molar-refractivity contribution in [1.82, 2.24) is 4.72 Å². The van der Waals surface area contributed by atoms with E-state index in [1.54, 1.807) is 0 Å². The molecule has 3 aliphatic rings. The van der Waals surface area contributed by atoms with E-state index in [0.717, 1.165) is 50.4 Å². The molecule has 0 radical (unpaired) electrons. The van der Waals surface area contributed by atoms with E-state index in [0.29, 0.717) is 13.2 Å². The van der Waals surface area contributed by atoms with Crippen LogP contribution in [0.1, 0.15) is 42.0 Å². The Bertz CT molecular complexity index is 939. The Morgan fingerprint density at radius 3 is 2.48 bits per heavy atom. The lowest BCUT2D eigenvalue weighted by Gasteiger charge is -2.23. The Morgan fingerprint density at radius 1 is 1.28 bits per heavy atom. The van der Waals surface area contributed by atoms with Gasteiger partial charge >= 0.3 is 0 Å². The third kappa shape index (κ3) is 3.99. The van der Waals surface area contributed by atoms with Crippen LogP contribution in [0.3, 0.4) is 0 Å². The molecular formula is C20H28N4O4S. The van der Waals surface area contributed by atoms with E-state index in [9.17, 15) is 13.5 Å². The van der Waals surface area contributed by atoms with Gasteiger partial charge in [-0.05, 0) is 60.8 Å². The van der Waals surface area contributed by atoms with Crippen molar-refractivity contribution in [3.05, 3.63) is 39.4 Å². The van der Waals surface area contributed by atoms with Crippen molar-refractivity contribution in [3.8, 4) is 0 Å². The molecule has 1 heterocycles. The van der Waals surface area contributed by atoms with Gasteiger partial charge in [0, 0.05) is 24.4 Å². The van der Waals surface area contributed by atoms with E-state index in [-0.39, 0.29) is 16.7 Å². The summed E-state index contributed by atoms with van der Waals surface area (Å²) in [6.07, 6.45) is 5.51. The summed E-state index contributed by atoms with van der Waals surface area (Å²) in [5.74, 6) is 0.190. The number of nitrogens with two attached hydrogens (primary N) is 1. The lowest BCUT2D eigenvalue weighted by Crippen LogP contribution is -2.43. The van der Waals surface area contributed by atoms with Crippen LogP contribution in [0.25, 0.3) is 0 Å². The van der Waals surface area contributed by atoms with Crippen LogP contribution in [0, 0.1) is 5.92 Å². The summed E-state index contributed by atoms with van der Waals surface area (Å²) in [5.41, 5.74) is 11.4. The summed E-state index contributed by atoms with van der Waals surface area (Å²) >= 11 is 0. The number of hydrogen-bond acceptors (Lipinski definition) is 7. The van der Waals surface area contributed by atoms with Gasteiger partial charge < -0.3 is 20.9 Å². The van der Waals surface area contributed by atoms with Gasteiger partial charge in [0.05, 0.1) is 6.61 Å². The number of aliphatic hydroxyl groups excluding tert-OH is 1. The zero-order chi connectivity index (χ0) is 20.6. The second kappa shape index (κ2) is 7.97. The number of hydrogen-bond donors (Lipinski definition) is 4. The number of aryl methyl sites for hydroxylation is 2. The molecule has 5 N–H and O–H groups in total. The summed E-state index contributed by atoms with van der Waals surface area (Å²) in [4.78, 5) is 3.89. The maximum Gasteiger partial charge on any atom is 0.250 e. The first kappa shape index (κ1) is 20.2. The van der Waals surface area contributed by atoms with E-state index in [1.807, 2.05) is 6.92 Å². The van der Waals surface area contributed by atoms with Gasteiger partial charge in [-0.15, -0.1) is 0 Å². The average Bonchev–Trinajstić information content (AvgIpc) is 3.32. The predicted molar refractivity (Wildman–Crippen MR) is 112 cm³/mol. The molecule has 0 bridgehead atoms. The molecule has 9 heteroatoms. The molecule has 8 nitrogen and oxygen atoms in total. The summed E-state index contributed by atoms with van der Waals surface area (Å²) in [6, 6.07) is 2.28. The standard InChI is InChI=1S/C20H28N4O4S/c1-12-10-22-19(28-11-12)17(9-21)29(26,27)24-20(25)23-18-15-6-2-4-13(15)8-14-5-3-7-16(14)18/h8-9,12,20,23-25H,2-7,10-11,21H2,1H3/t12-,20?/m0/s1. The molecule has 2 atom stereocenters. The Labute approximate surface area is 171 Å². The summed E-state index contributed by atoms with van der Waals surface area (Å²) in [6.45, 7) is 2.80. The largest absolute Gasteiger partial charge is 0.477 e. The van der Waals surface area contributed by atoms with Crippen molar-refractivity contribution < 1.29 is 18.3 Å². The van der Waals surface area contributed by atoms with Crippen molar-refractivity contribution in [2.75, 3.05) is 18.5 Å². The third-order valence-electron chi connectivity index (χ3n) is 5.72. The van der Waals surface area contributed by atoms with E-state index in [4.69, 9.17) is 10.5 Å². The zero-order valence-electron chi connectivity index (χ0n) is 16.6. The molecule has 1 unspecified atom stereocenters. The van der Waals surface area contributed by atoms with Crippen LogP contribution in [0.4, 0.5) is 5.69 Å². The minimum atomic E-state index is -4.12. The summed E-state index contributed by atoms with van der Waals surface area (Å²) in [5, 5.41) is 13.5. The van der Waals surface area contributed by atoms with E-state index < -0.39 is 16.4 Å². The van der Waals surface area contributed by atoms with Crippen LogP contribution in [0.15, 0.2) is 22.2 Å². The smallest absolute Gasteiger partial charge is 0.250 e. The molecule has 1 aromatic carbocycles. The zero-order valence-corrected chi connectivity index (χ0v) is 17.4. The van der Waals surface area contributed by atoms with Crippen LogP contribution in [0.2, 0.25) is 0 Å². The van der Waals surface area contributed by atoms with Crippen molar-refractivity contribution in [2.24, 2.45) is 16.6 Å². The first-order valence-corrected chi connectivity index (χ1v) is 11.6. The second-order valence-electron chi connectivity index (χ2n) is 8.00. The number of benzene rings is 1. The molecule has 158 valence electrons. The molecule has 0 amide bonds. The van der Waals surface area contributed by atoms with Crippen LogP contribution in [-0.4, -0.2) is 38.9 Å². The molecule has 2 aliphatic carbocycles. The Morgan fingerprint density at radius 2 is 1.93 bits per heavy atom. The first-order chi connectivity index (χ1) is 13.9. The van der Waals surface area contributed by atoms with Crippen molar-refractivity contribution in [2.45, 2.75) is 51.8 Å². The number of ether oxygens (including phenoxy) is 1. The number of fused-ring (bicyclic) bond motifs is 2. The van der Waals surface area contributed by atoms with E-state index in [1.165, 1.54) is 22.3 Å². The minimum Gasteiger partial charge on any atom is -0.477 e. The predicted octanol–water partition coefficient (Wildman–Crippen LogP) is 1.14. The topological polar surface area (TPSA) is 126 Å². The fourth-order valence-corrected chi connectivity index (χ4v) is 5.36. The number of nitrogens with one attached hydrogen (secondary N) is 2. The molecule has 0 aromatic heterocycles. The van der Waals surface area contributed by atoms with Gasteiger partial charge in [0.1, 0.15) is 0 Å². The molecule has 1 aromatic rings. The maximum absolute atomic E-state index is 12.8. The first-order valence-electron chi connectivity index (χ1n) is 10.1. The fourth-order valence-electron chi connectivity index (χ4n) is 4.35. The molecule has 4 rings (SSSR count). The lowest BCUT2D eigenvalue weighted by molar-refractivity contribution is 0.192. The Balaban J connectivity index is 1.54. The van der Waals surface area contributed by atoms with Crippen LogP contribution in [-0.2, 0) is 40.4 Å². The minimum absolute atomic E-state index is 0.0215. The third-order valence-corrected chi connectivity index (χ3v) is 7.15. The highest BCUT2D eigenvalue weighted by molar-refractivity contribution is 7.94. The van der Waals surface area contributed by atoms with Crippen LogP contribution < -0.4 is 15.8 Å². The molecular weight excluding hydrogens is 392 g/mol. The maximum atomic E-state index is 12.8. The molecule has 1 aliphatic heterocycles. The highest BCUT2D eigenvalue weighted by Crippen LogP contribution is 2.38. The highest BCUT2D eigenvalue weighted by atomic mass is 32.2.